The molecule has 0 unspecified atom stereocenters. The van der Waals surface area contributed by atoms with Crippen LogP contribution in [0.2, 0.25) is 0 Å². The number of anilines is 1. The SMILES string of the molecule is O=C1COc2ccc(Br)cc2N1CCCS. The maximum Gasteiger partial charge on any atom is 0.265 e. The lowest BCUT2D eigenvalue weighted by atomic mass is 10.2. The van der Waals surface area contributed by atoms with Gasteiger partial charge in [0.1, 0.15) is 5.75 Å². The van der Waals surface area contributed by atoms with Gasteiger partial charge in [-0.1, -0.05) is 15.9 Å². The second-order valence-electron chi connectivity index (χ2n) is 3.52. The van der Waals surface area contributed by atoms with Gasteiger partial charge < -0.3 is 9.64 Å². The Hall–Kier alpha value is -0.680. The number of nitrogens with zero attached hydrogens (tertiary/aromatic N) is 1. The average Bonchev–Trinajstić information content (AvgIpc) is 2.28. The summed E-state index contributed by atoms with van der Waals surface area (Å²) in [5.41, 5.74) is 0.840. The van der Waals surface area contributed by atoms with Crippen LogP contribution in [0.15, 0.2) is 22.7 Å². The van der Waals surface area contributed by atoms with E-state index in [9.17, 15) is 4.79 Å². The Balaban J connectivity index is 2.31. The van der Waals surface area contributed by atoms with E-state index in [4.69, 9.17) is 4.74 Å². The number of carbonyl (C=O) groups is 1. The van der Waals surface area contributed by atoms with Gasteiger partial charge in [-0.05, 0) is 30.4 Å². The van der Waals surface area contributed by atoms with Gasteiger partial charge in [-0.3, -0.25) is 4.79 Å². The predicted molar refractivity (Wildman–Crippen MR) is 70.5 cm³/mol. The molecule has 1 heterocycles. The summed E-state index contributed by atoms with van der Waals surface area (Å²) in [5.74, 6) is 1.54. The van der Waals surface area contributed by atoms with E-state index in [1.807, 2.05) is 18.2 Å². The summed E-state index contributed by atoms with van der Waals surface area (Å²) in [5, 5.41) is 0. The molecule has 2 rings (SSSR count). The number of hydrogen-bond acceptors (Lipinski definition) is 3. The third-order valence-electron chi connectivity index (χ3n) is 2.40. The molecular formula is C11H12BrNO2S. The smallest absolute Gasteiger partial charge is 0.265 e. The van der Waals surface area contributed by atoms with E-state index < -0.39 is 0 Å². The van der Waals surface area contributed by atoms with Gasteiger partial charge in [0.05, 0.1) is 5.69 Å². The van der Waals surface area contributed by atoms with Gasteiger partial charge in [-0.15, -0.1) is 0 Å². The lowest BCUT2D eigenvalue weighted by Gasteiger charge is -2.29. The quantitative estimate of drug-likeness (QED) is 0.869. The number of amides is 1. The van der Waals surface area contributed by atoms with Crippen molar-refractivity contribution in [1.29, 1.82) is 0 Å². The summed E-state index contributed by atoms with van der Waals surface area (Å²) in [6.07, 6.45) is 0.876. The molecule has 0 radical (unpaired) electrons. The summed E-state index contributed by atoms with van der Waals surface area (Å²) < 4.78 is 6.31. The molecule has 5 heteroatoms. The molecule has 0 saturated carbocycles. The van der Waals surface area contributed by atoms with Gasteiger partial charge in [0, 0.05) is 11.0 Å². The Morgan fingerprint density at radius 3 is 3.06 bits per heavy atom. The molecule has 86 valence electrons. The highest BCUT2D eigenvalue weighted by Crippen LogP contribution is 2.34. The molecule has 1 amide bonds. The minimum Gasteiger partial charge on any atom is -0.482 e. The first-order valence-corrected chi connectivity index (χ1v) is 6.48. The fraction of sp³-hybridized carbons (Fsp3) is 0.364. The number of ether oxygens (including phenoxy) is 1. The molecule has 0 fully saturated rings. The van der Waals surface area contributed by atoms with Crippen molar-refractivity contribution >= 4 is 40.2 Å². The Morgan fingerprint density at radius 2 is 2.31 bits per heavy atom. The Labute approximate surface area is 108 Å². The fourth-order valence-corrected chi connectivity index (χ4v) is 2.14. The zero-order valence-corrected chi connectivity index (χ0v) is 11.1. The highest BCUT2D eigenvalue weighted by atomic mass is 79.9. The molecule has 3 nitrogen and oxygen atoms in total. The predicted octanol–water partition coefficient (Wildman–Crippen LogP) is 2.49. The molecule has 16 heavy (non-hydrogen) atoms. The second kappa shape index (κ2) is 5.10. The van der Waals surface area contributed by atoms with E-state index in [-0.39, 0.29) is 12.5 Å². The summed E-state index contributed by atoms with van der Waals surface area (Å²) in [6, 6.07) is 5.69. The maximum absolute atomic E-state index is 11.7. The van der Waals surface area contributed by atoms with Gasteiger partial charge in [0.15, 0.2) is 6.61 Å². The molecular weight excluding hydrogens is 290 g/mol. The van der Waals surface area contributed by atoms with Crippen molar-refractivity contribution < 1.29 is 9.53 Å². The number of halogens is 1. The Bertz CT molecular complexity index is 411. The number of hydrogen-bond donors (Lipinski definition) is 1. The van der Waals surface area contributed by atoms with Crippen molar-refractivity contribution in [3.63, 3.8) is 0 Å². The number of rotatable bonds is 3. The van der Waals surface area contributed by atoms with Crippen LogP contribution in [0, 0.1) is 0 Å². The van der Waals surface area contributed by atoms with Gasteiger partial charge in [-0.2, -0.15) is 12.6 Å². The zero-order valence-electron chi connectivity index (χ0n) is 8.65. The molecule has 0 saturated heterocycles. The molecule has 0 aliphatic carbocycles. The van der Waals surface area contributed by atoms with Crippen molar-refractivity contribution in [2.24, 2.45) is 0 Å². The first-order chi connectivity index (χ1) is 7.72. The highest BCUT2D eigenvalue weighted by molar-refractivity contribution is 9.10. The summed E-state index contributed by atoms with van der Waals surface area (Å²) in [4.78, 5) is 13.5. The topological polar surface area (TPSA) is 29.5 Å². The van der Waals surface area contributed by atoms with Crippen molar-refractivity contribution in [2.75, 3.05) is 23.8 Å². The monoisotopic (exact) mass is 301 g/mol. The highest BCUT2D eigenvalue weighted by Gasteiger charge is 2.24. The van der Waals surface area contributed by atoms with Crippen LogP contribution in [0.5, 0.6) is 5.75 Å². The van der Waals surface area contributed by atoms with E-state index in [0.717, 1.165) is 28.1 Å². The minimum absolute atomic E-state index is 0.00684. The van der Waals surface area contributed by atoms with Crippen molar-refractivity contribution in [3.05, 3.63) is 22.7 Å². The van der Waals surface area contributed by atoms with Crippen LogP contribution in [-0.2, 0) is 4.79 Å². The number of carbonyl (C=O) groups excluding carboxylic acids is 1. The Kier molecular flexibility index (Phi) is 3.76. The van der Waals surface area contributed by atoms with Crippen molar-refractivity contribution in [3.8, 4) is 5.75 Å². The van der Waals surface area contributed by atoms with Crippen LogP contribution >= 0.6 is 28.6 Å². The summed E-state index contributed by atoms with van der Waals surface area (Å²) in [6.45, 7) is 0.816. The van der Waals surface area contributed by atoms with Gasteiger partial charge in [0.25, 0.3) is 5.91 Å². The number of benzene rings is 1. The molecule has 0 spiro atoms. The third-order valence-corrected chi connectivity index (χ3v) is 3.21. The molecule has 1 aromatic carbocycles. The number of fused-ring (bicyclic) bond motifs is 1. The largest absolute Gasteiger partial charge is 0.482 e. The van der Waals surface area contributed by atoms with Crippen LogP contribution in [0.1, 0.15) is 6.42 Å². The zero-order chi connectivity index (χ0) is 11.5. The van der Waals surface area contributed by atoms with Gasteiger partial charge in [0.2, 0.25) is 0 Å². The first kappa shape index (κ1) is 11.8. The van der Waals surface area contributed by atoms with E-state index in [0.29, 0.717) is 6.54 Å². The van der Waals surface area contributed by atoms with Crippen LogP contribution in [0.4, 0.5) is 5.69 Å². The van der Waals surface area contributed by atoms with E-state index in [2.05, 4.69) is 28.6 Å². The average molecular weight is 302 g/mol. The second-order valence-corrected chi connectivity index (χ2v) is 4.89. The van der Waals surface area contributed by atoms with Crippen molar-refractivity contribution in [1.82, 2.24) is 0 Å². The molecule has 1 aromatic rings. The maximum atomic E-state index is 11.7. The van der Waals surface area contributed by atoms with E-state index >= 15 is 0 Å². The van der Waals surface area contributed by atoms with Gasteiger partial charge >= 0.3 is 0 Å². The lowest BCUT2D eigenvalue weighted by molar-refractivity contribution is -0.121. The van der Waals surface area contributed by atoms with Gasteiger partial charge in [-0.25, -0.2) is 0 Å². The number of thiol groups is 1. The molecule has 1 aliphatic rings. The van der Waals surface area contributed by atoms with Crippen molar-refractivity contribution in [2.45, 2.75) is 6.42 Å². The molecule has 0 aromatic heterocycles. The lowest BCUT2D eigenvalue weighted by Crippen LogP contribution is -2.39. The molecule has 0 atom stereocenters. The van der Waals surface area contributed by atoms with Crippen LogP contribution in [0.25, 0.3) is 0 Å². The molecule has 1 aliphatic heterocycles. The standard InChI is InChI=1S/C11H12BrNO2S/c12-8-2-3-10-9(6-8)13(4-1-5-16)11(14)7-15-10/h2-3,6,16H,1,4-5,7H2. The van der Waals surface area contributed by atoms with Crippen LogP contribution < -0.4 is 9.64 Å². The fourth-order valence-electron chi connectivity index (χ4n) is 1.65. The normalized spacial score (nSPS) is 14.6. The van der Waals surface area contributed by atoms with E-state index in [1.54, 1.807) is 4.90 Å². The summed E-state index contributed by atoms with van der Waals surface area (Å²) in [7, 11) is 0. The first-order valence-electron chi connectivity index (χ1n) is 5.06. The van der Waals surface area contributed by atoms with Crippen LogP contribution in [-0.4, -0.2) is 24.8 Å². The van der Waals surface area contributed by atoms with Crippen LogP contribution in [0.3, 0.4) is 0 Å². The molecule has 0 N–H and O–H groups in total. The van der Waals surface area contributed by atoms with E-state index in [1.165, 1.54) is 0 Å². The Morgan fingerprint density at radius 1 is 1.50 bits per heavy atom. The summed E-state index contributed by atoms with van der Waals surface area (Å²) >= 11 is 7.56. The minimum atomic E-state index is 0.00684. The molecule has 0 bridgehead atoms. The third kappa shape index (κ3) is 2.35.